The van der Waals surface area contributed by atoms with E-state index >= 15 is 0 Å². The molecule has 0 aliphatic rings. The number of nitrogens with one attached hydrogen (secondary N) is 2. The van der Waals surface area contributed by atoms with Crippen LogP contribution in [0.2, 0.25) is 0 Å². The molecule has 0 bridgehead atoms. The van der Waals surface area contributed by atoms with Crippen molar-refractivity contribution in [3.8, 4) is 0 Å². The summed E-state index contributed by atoms with van der Waals surface area (Å²) < 4.78 is 0. The molecule has 0 atom stereocenters. The lowest BCUT2D eigenvalue weighted by molar-refractivity contribution is 0.570. The van der Waals surface area contributed by atoms with E-state index in [9.17, 15) is 0 Å². The standard InChI is InChI=1S/C16H25N3/c1-11(2)16-18-14-8-7-13(10-15(14)19-16)6-5-9-17-12(3)4/h7-8,10-12,17H,5-6,9H2,1-4H3,(H,18,19). The molecule has 1 heterocycles. The van der Waals surface area contributed by atoms with Crippen LogP contribution in [0.3, 0.4) is 0 Å². The number of aromatic amines is 1. The minimum absolute atomic E-state index is 0.450. The average molecular weight is 259 g/mol. The molecule has 0 fully saturated rings. The summed E-state index contributed by atoms with van der Waals surface area (Å²) in [5, 5.41) is 3.45. The largest absolute Gasteiger partial charge is 0.342 e. The van der Waals surface area contributed by atoms with Crippen LogP contribution in [0, 0.1) is 0 Å². The van der Waals surface area contributed by atoms with Crippen LogP contribution in [0.4, 0.5) is 0 Å². The van der Waals surface area contributed by atoms with E-state index < -0.39 is 0 Å². The second kappa shape index (κ2) is 6.20. The molecule has 0 unspecified atom stereocenters. The first-order chi connectivity index (χ1) is 9.06. The van der Waals surface area contributed by atoms with Crippen LogP contribution in [0.15, 0.2) is 18.2 Å². The fraction of sp³-hybridized carbons (Fsp3) is 0.562. The van der Waals surface area contributed by atoms with Gasteiger partial charge in [-0.25, -0.2) is 4.98 Å². The highest BCUT2D eigenvalue weighted by Crippen LogP contribution is 2.18. The molecule has 2 rings (SSSR count). The molecule has 0 saturated carbocycles. The maximum Gasteiger partial charge on any atom is 0.109 e. The number of benzene rings is 1. The highest BCUT2D eigenvalue weighted by Gasteiger charge is 2.06. The van der Waals surface area contributed by atoms with Crippen molar-refractivity contribution in [3.63, 3.8) is 0 Å². The number of imidazole rings is 1. The fourth-order valence-electron chi connectivity index (χ4n) is 2.19. The number of aromatic nitrogens is 2. The Bertz CT molecular complexity index is 526. The minimum atomic E-state index is 0.450. The summed E-state index contributed by atoms with van der Waals surface area (Å²) in [6, 6.07) is 7.14. The summed E-state index contributed by atoms with van der Waals surface area (Å²) in [5.74, 6) is 1.53. The Balaban J connectivity index is 2.00. The molecule has 1 aromatic carbocycles. The highest BCUT2D eigenvalue weighted by molar-refractivity contribution is 5.76. The van der Waals surface area contributed by atoms with Crippen LogP contribution in [0.5, 0.6) is 0 Å². The van der Waals surface area contributed by atoms with Gasteiger partial charge in [-0.3, -0.25) is 0 Å². The molecule has 0 aliphatic heterocycles. The van der Waals surface area contributed by atoms with E-state index in [1.807, 2.05) is 0 Å². The van der Waals surface area contributed by atoms with Gasteiger partial charge in [0.1, 0.15) is 5.82 Å². The lowest BCUT2D eigenvalue weighted by Gasteiger charge is -2.07. The molecule has 0 radical (unpaired) electrons. The van der Waals surface area contributed by atoms with E-state index in [0.717, 1.165) is 29.8 Å². The summed E-state index contributed by atoms with van der Waals surface area (Å²) in [6.07, 6.45) is 2.29. The van der Waals surface area contributed by atoms with Crippen molar-refractivity contribution >= 4 is 11.0 Å². The van der Waals surface area contributed by atoms with Crippen LogP contribution in [0.1, 0.15) is 51.4 Å². The van der Waals surface area contributed by atoms with Gasteiger partial charge in [0.05, 0.1) is 11.0 Å². The molecular formula is C16H25N3. The zero-order valence-electron chi connectivity index (χ0n) is 12.5. The molecule has 0 spiro atoms. The van der Waals surface area contributed by atoms with E-state index in [2.05, 4.69) is 61.2 Å². The number of nitrogens with zero attached hydrogens (tertiary/aromatic N) is 1. The Morgan fingerprint density at radius 1 is 1.21 bits per heavy atom. The predicted molar refractivity (Wildman–Crippen MR) is 81.6 cm³/mol. The lowest BCUT2D eigenvalue weighted by atomic mass is 10.1. The van der Waals surface area contributed by atoms with E-state index in [1.54, 1.807) is 0 Å². The Kier molecular flexibility index (Phi) is 4.59. The first-order valence-corrected chi connectivity index (χ1v) is 7.28. The molecule has 3 nitrogen and oxygen atoms in total. The zero-order chi connectivity index (χ0) is 13.8. The Labute approximate surface area is 115 Å². The molecular weight excluding hydrogens is 234 g/mol. The maximum absolute atomic E-state index is 4.61. The Hall–Kier alpha value is -1.35. The summed E-state index contributed by atoms with van der Waals surface area (Å²) in [6.45, 7) is 9.77. The number of H-pyrrole nitrogens is 1. The summed E-state index contributed by atoms with van der Waals surface area (Å²) >= 11 is 0. The van der Waals surface area contributed by atoms with Gasteiger partial charge in [0.2, 0.25) is 0 Å². The van der Waals surface area contributed by atoms with Crippen LogP contribution in [-0.2, 0) is 6.42 Å². The zero-order valence-corrected chi connectivity index (χ0v) is 12.5. The van der Waals surface area contributed by atoms with Gasteiger partial charge in [-0.1, -0.05) is 33.8 Å². The van der Waals surface area contributed by atoms with E-state index in [-0.39, 0.29) is 0 Å². The third kappa shape index (κ3) is 3.80. The van der Waals surface area contributed by atoms with Gasteiger partial charge in [0, 0.05) is 12.0 Å². The minimum Gasteiger partial charge on any atom is -0.342 e. The van der Waals surface area contributed by atoms with Crippen molar-refractivity contribution in [2.75, 3.05) is 6.54 Å². The van der Waals surface area contributed by atoms with Crippen LogP contribution >= 0.6 is 0 Å². The van der Waals surface area contributed by atoms with Gasteiger partial charge in [0.15, 0.2) is 0 Å². The average Bonchev–Trinajstić information content (AvgIpc) is 2.77. The quantitative estimate of drug-likeness (QED) is 0.778. The van der Waals surface area contributed by atoms with Crippen molar-refractivity contribution in [2.45, 2.75) is 52.5 Å². The SMILES string of the molecule is CC(C)NCCCc1ccc2nc(C(C)C)[nH]c2c1. The maximum atomic E-state index is 4.61. The summed E-state index contributed by atoms with van der Waals surface area (Å²) in [7, 11) is 0. The molecule has 3 heteroatoms. The number of rotatable bonds is 6. The van der Waals surface area contributed by atoms with E-state index in [4.69, 9.17) is 0 Å². The molecule has 1 aromatic heterocycles. The summed E-state index contributed by atoms with van der Waals surface area (Å²) in [4.78, 5) is 8.02. The van der Waals surface area contributed by atoms with Gasteiger partial charge in [-0.05, 0) is 37.1 Å². The van der Waals surface area contributed by atoms with Crippen molar-refractivity contribution < 1.29 is 0 Å². The highest BCUT2D eigenvalue weighted by atomic mass is 14.9. The smallest absolute Gasteiger partial charge is 0.109 e. The van der Waals surface area contributed by atoms with Crippen LogP contribution < -0.4 is 5.32 Å². The second-order valence-electron chi connectivity index (χ2n) is 5.84. The topological polar surface area (TPSA) is 40.7 Å². The molecule has 0 aliphatic carbocycles. The molecule has 0 saturated heterocycles. The molecule has 2 N–H and O–H groups in total. The number of hydrogen-bond donors (Lipinski definition) is 2. The monoisotopic (exact) mass is 259 g/mol. The van der Waals surface area contributed by atoms with Gasteiger partial charge in [-0.15, -0.1) is 0 Å². The number of hydrogen-bond acceptors (Lipinski definition) is 2. The van der Waals surface area contributed by atoms with Gasteiger partial charge < -0.3 is 10.3 Å². The molecule has 104 valence electrons. The van der Waals surface area contributed by atoms with Gasteiger partial charge in [0.25, 0.3) is 0 Å². The second-order valence-corrected chi connectivity index (χ2v) is 5.84. The summed E-state index contributed by atoms with van der Waals surface area (Å²) in [5.41, 5.74) is 3.63. The van der Waals surface area contributed by atoms with E-state index in [1.165, 1.54) is 12.0 Å². The van der Waals surface area contributed by atoms with Crippen molar-refractivity contribution in [3.05, 3.63) is 29.6 Å². The Morgan fingerprint density at radius 2 is 2.00 bits per heavy atom. The first-order valence-electron chi connectivity index (χ1n) is 7.28. The Morgan fingerprint density at radius 3 is 2.68 bits per heavy atom. The van der Waals surface area contributed by atoms with Gasteiger partial charge in [-0.2, -0.15) is 0 Å². The number of fused-ring (bicyclic) bond motifs is 1. The lowest BCUT2D eigenvalue weighted by Crippen LogP contribution is -2.23. The van der Waals surface area contributed by atoms with Crippen LogP contribution in [-0.4, -0.2) is 22.6 Å². The van der Waals surface area contributed by atoms with Crippen LogP contribution in [0.25, 0.3) is 11.0 Å². The van der Waals surface area contributed by atoms with Gasteiger partial charge >= 0.3 is 0 Å². The van der Waals surface area contributed by atoms with Crippen molar-refractivity contribution in [1.82, 2.24) is 15.3 Å². The fourth-order valence-corrected chi connectivity index (χ4v) is 2.19. The van der Waals surface area contributed by atoms with Crippen molar-refractivity contribution in [1.29, 1.82) is 0 Å². The molecule has 19 heavy (non-hydrogen) atoms. The van der Waals surface area contributed by atoms with Crippen molar-refractivity contribution in [2.24, 2.45) is 0 Å². The predicted octanol–water partition coefficient (Wildman–Crippen LogP) is 3.62. The van der Waals surface area contributed by atoms with E-state index in [0.29, 0.717) is 12.0 Å². The number of aryl methyl sites for hydroxylation is 1. The third-order valence-electron chi connectivity index (χ3n) is 3.31. The normalized spacial score (nSPS) is 11.9. The molecule has 2 aromatic rings. The first kappa shape index (κ1) is 14.1. The molecule has 0 amide bonds. The third-order valence-corrected chi connectivity index (χ3v) is 3.31.